The molecule has 1 aliphatic carbocycles. The number of rotatable bonds is 1. The molecule has 1 saturated heterocycles. The van der Waals surface area contributed by atoms with Crippen LogP contribution in [0.25, 0.3) is 0 Å². The summed E-state index contributed by atoms with van der Waals surface area (Å²) in [6.07, 6.45) is 2.79. The second-order valence-electron chi connectivity index (χ2n) is 5.69. The monoisotopic (exact) mass is 270 g/mol. The SMILES string of the molecule is CC1=C[C@@H](C)[C@H]2C(=O)N(c3ccccc3)NC(=O)[C@@H]2C1. The van der Waals surface area contributed by atoms with E-state index in [1.807, 2.05) is 44.2 Å². The maximum Gasteiger partial charge on any atom is 0.250 e. The first-order valence-corrected chi connectivity index (χ1v) is 6.94. The maximum atomic E-state index is 12.7. The van der Waals surface area contributed by atoms with Gasteiger partial charge in [0, 0.05) is 0 Å². The van der Waals surface area contributed by atoms with Crippen LogP contribution in [0.1, 0.15) is 20.3 Å². The minimum atomic E-state index is -0.257. The normalized spacial score (nSPS) is 29.6. The molecule has 1 N–H and O–H groups in total. The molecular formula is C16H18N2O2. The molecule has 2 aliphatic rings. The van der Waals surface area contributed by atoms with E-state index in [-0.39, 0.29) is 29.6 Å². The van der Waals surface area contributed by atoms with Gasteiger partial charge in [0.25, 0.3) is 0 Å². The molecule has 0 unspecified atom stereocenters. The van der Waals surface area contributed by atoms with Crippen LogP contribution >= 0.6 is 0 Å². The summed E-state index contributed by atoms with van der Waals surface area (Å²) in [5, 5.41) is 1.40. The molecule has 20 heavy (non-hydrogen) atoms. The van der Waals surface area contributed by atoms with Gasteiger partial charge in [0.05, 0.1) is 17.5 Å². The standard InChI is InChI=1S/C16H18N2O2/c1-10-8-11(2)14-13(9-10)15(19)17-18(16(14)20)12-6-4-3-5-7-12/h3-8,11,13-14H,9H2,1-2H3,(H,17,19)/t11-,13-,14-/m1/s1. The van der Waals surface area contributed by atoms with E-state index in [2.05, 4.69) is 11.5 Å². The lowest BCUT2D eigenvalue weighted by Crippen LogP contribution is -2.61. The Morgan fingerprint density at radius 2 is 1.90 bits per heavy atom. The van der Waals surface area contributed by atoms with Crippen LogP contribution in [0.4, 0.5) is 5.69 Å². The van der Waals surface area contributed by atoms with E-state index >= 15 is 0 Å². The Morgan fingerprint density at radius 1 is 1.20 bits per heavy atom. The number of anilines is 1. The average molecular weight is 270 g/mol. The number of allylic oxidation sites excluding steroid dienone is 2. The van der Waals surface area contributed by atoms with Crippen LogP contribution in [0.15, 0.2) is 42.0 Å². The van der Waals surface area contributed by atoms with Crippen LogP contribution in [-0.4, -0.2) is 11.8 Å². The lowest BCUT2D eigenvalue weighted by atomic mass is 9.72. The molecular weight excluding hydrogens is 252 g/mol. The zero-order valence-electron chi connectivity index (χ0n) is 11.7. The summed E-state index contributed by atoms with van der Waals surface area (Å²) in [7, 11) is 0. The number of hydrazine groups is 1. The van der Waals surface area contributed by atoms with Crippen molar-refractivity contribution in [3.05, 3.63) is 42.0 Å². The van der Waals surface area contributed by atoms with Crippen molar-refractivity contribution in [2.45, 2.75) is 20.3 Å². The number of fused-ring (bicyclic) bond motifs is 1. The second kappa shape index (κ2) is 4.78. The molecule has 3 atom stereocenters. The highest BCUT2D eigenvalue weighted by atomic mass is 16.2. The lowest BCUT2D eigenvalue weighted by Gasteiger charge is -2.41. The minimum Gasteiger partial charge on any atom is -0.273 e. The van der Waals surface area contributed by atoms with Crippen molar-refractivity contribution in [3.63, 3.8) is 0 Å². The summed E-state index contributed by atoms with van der Waals surface area (Å²) in [6.45, 7) is 4.04. The van der Waals surface area contributed by atoms with Gasteiger partial charge in [-0.2, -0.15) is 0 Å². The second-order valence-corrected chi connectivity index (χ2v) is 5.69. The molecule has 104 valence electrons. The van der Waals surface area contributed by atoms with Crippen molar-refractivity contribution in [2.24, 2.45) is 17.8 Å². The molecule has 1 aromatic rings. The van der Waals surface area contributed by atoms with E-state index in [1.54, 1.807) is 0 Å². The number of hydrogen-bond donors (Lipinski definition) is 1. The molecule has 1 fully saturated rings. The highest BCUT2D eigenvalue weighted by Crippen LogP contribution is 2.38. The van der Waals surface area contributed by atoms with Crippen LogP contribution in [0, 0.1) is 17.8 Å². The van der Waals surface area contributed by atoms with Gasteiger partial charge in [-0.05, 0) is 31.4 Å². The first-order valence-electron chi connectivity index (χ1n) is 6.94. The van der Waals surface area contributed by atoms with Crippen LogP contribution in [-0.2, 0) is 9.59 Å². The van der Waals surface area contributed by atoms with Gasteiger partial charge in [0.15, 0.2) is 0 Å². The number of carbonyl (C=O) groups is 2. The lowest BCUT2D eigenvalue weighted by molar-refractivity contribution is -0.141. The van der Waals surface area contributed by atoms with Crippen molar-refractivity contribution >= 4 is 17.5 Å². The first-order chi connectivity index (χ1) is 9.58. The number of hydrogen-bond acceptors (Lipinski definition) is 2. The third-order valence-electron chi connectivity index (χ3n) is 4.17. The van der Waals surface area contributed by atoms with Gasteiger partial charge in [-0.3, -0.25) is 15.0 Å². The Hall–Kier alpha value is -2.10. The molecule has 2 amide bonds. The summed E-state index contributed by atoms with van der Waals surface area (Å²) >= 11 is 0. The Bertz CT molecular complexity index is 579. The van der Waals surface area contributed by atoms with Crippen LogP contribution in [0.2, 0.25) is 0 Å². The van der Waals surface area contributed by atoms with E-state index in [9.17, 15) is 9.59 Å². The quantitative estimate of drug-likeness (QED) is 0.796. The van der Waals surface area contributed by atoms with E-state index in [1.165, 1.54) is 10.6 Å². The van der Waals surface area contributed by atoms with E-state index < -0.39 is 0 Å². The number of benzene rings is 1. The van der Waals surface area contributed by atoms with E-state index in [4.69, 9.17) is 0 Å². The largest absolute Gasteiger partial charge is 0.273 e. The van der Waals surface area contributed by atoms with E-state index in [0.717, 1.165) is 0 Å². The van der Waals surface area contributed by atoms with Gasteiger partial charge in [-0.1, -0.05) is 36.8 Å². The zero-order valence-corrected chi connectivity index (χ0v) is 11.7. The summed E-state index contributed by atoms with van der Waals surface area (Å²) < 4.78 is 0. The summed E-state index contributed by atoms with van der Waals surface area (Å²) in [6, 6.07) is 9.25. The molecule has 0 spiro atoms. The Balaban J connectivity index is 1.96. The smallest absolute Gasteiger partial charge is 0.250 e. The van der Waals surface area contributed by atoms with Crippen LogP contribution in [0.3, 0.4) is 0 Å². The molecule has 1 aliphatic heterocycles. The van der Waals surface area contributed by atoms with Gasteiger partial charge in [-0.25, -0.2) is 5.01 Å². The molecule has 1 heterocycles. The molecule has 0 saturated carbocycles. The Kier molecular flexibility index (Phi) is 3.08. The number of amides is 2. The van der Waals surface area contributed by atoms with Gasteiger partial charge in [0.1, 0.15) is 0 Å². The molecule has 4 nitrogen and oxygen atoms in total. The third kappa shape index (κ3) is 2.01. The van der Waals surface area contributed by atoms with Crippen molar-refractivity contribution < 1.29 is 9.59 Å². The highest BCUT2D eigenvalue weighted by molar-refractivity contribution is 6.04. The van der Waals surface area contributed by atoms with Crippen molar-refractivity contribution in [1.29, 1.82) is 0 Å². The Labute approximate surface area is 118 Å². The van der Waals surface area contributed by atoms with Crippen LogP contribution in [0.5, 0.6) is 0 Å². The molecule has 4 heteroatoms. The predicted molar refractivity (Wildman–Crippen MR) is 76.6 cm³/mol. The molecule has 3 rings (SSSR count). The number of para-hydroxylation sites is 1. The molecule has 0 aromatic heterocycles. The predicted octanol–water partition coefficient (Wildman–Crippen LogP) is 2.28. The van der Waals surface area contributed by atoms with E-state index in [0.29, 0.717) is 12.1 Å². The zero-order chi connectivity index (χ0) is 14.3. The highest BCUT2D eigenvalue weighted by Gasteiger charge is 2.46. The number of nitrogens with zero attached hydrogens (tertiary/aromatic N) is 1. The van der Waals surface area contributed by atoms with Crippen molar-refractivity contribution in [2.75, 3.05) is 5.01 Å². The van der Waals surface area contributed by atoms with Gasteiger partial charge in [-0.15, -0.1) is 0 Å². The third-order valence-corrected chi connectivity index (χ3v) is 4.17. The molecule has 1 aromatic carbocycles. The number of carbonyl (C=O) groups excluding carboxylic acids is 2. The fourth-order valence-corrected chi connectivity index (χ4v) is 3.28. The fraction of sp³-hybridized carbons (Fsp3) is 0.375. The Morgan fingerprint density at radius 3 is 2.60 bits per heavy atom. The van der Waals surface area contributed by atoms with Gasteiger partial charge in [0.2, 0.25) is 11.8 Å². The first kappa shape index (κ1) is 12.9. The summed E-state index contributed by atoms with van der Waals surface area (Å²) in [5.74, 6) is -0.469. The molecule has 0 bridgehead atoms. The van der Waals surface area contributed by atoms with Crippen LogP contribution < -0.4 is 10.4 Å². The topological polar surface area (TPSA) is 49.4 Å². The fourth-order valence-electron chi connectivity index (χ4n) is 3.28. The van der Waals surface area contributed by atoms with Crippen molar-refractivity contribution in [3.8, 4) is 0 Å². The van der Waals surface area contributed by atoms with Crippen molar-refractivity contribution in [1.82, 2.24) is 5.43 Å². The number of nitrogens with one attached hydrogen (secondary N) is 1. The molecule has 0 radical (unpaired) electrons. The summed E-state index contributed by atoms with van der Waals surface area (Å²) in [5.41, 5.74) is 4.64. The average Bonchev–Trinajstić information content (AvgIpc) is 2.43. The maximum absolute atomic E-state index is 12.7. The minimum absolute atomic E-state index is 0.0166. The van der Waals surface area contributed by atoms with Gasteiger partial charge >= 0.3 is 0 Å². The van der Waals surface area contributed by atoms with Gasteiger partial charge < -0.3 is 0 Å². The summed E-state index contributed by atoms with van der Waals surface area (Å²) in [4.78, 5) is 25.0.